The maximum Gasteiger partial charge on any atom is 0.176 e. The maximum absolute atomic E-state index is 8.92. The molecule has 0 atom stereocenters. The molecule has 0 aliphatic heterocycles. The molecule has 0 bridgehead atoms. The van der Waals surface area contributed by atoms with Gasteiger partial charge in [0.15, 0.2) is 5.82 Å². The molecule has 1 N–H and O–H groups in total. The Labute approximate surface area is 102 Å². The second-order valence-corrected chi connectivity index (χ2v) is 4.29. The van der Waals surface area contributed by atoms with Crippen LogP contribution in [0.2, 0.25) is 5.02 Å². The molecule has 0 spiro atoms. The molecule has 2 rings (SSSR count). The molecule has 6 heteroatoms. The summed E-state index contributed by atoms with van der Waals surface area (Å²) in [5.74, 6) is 1.16. The number of hydrogen-bond donors (Lipinski definition) is 1. The highest BCUT2D eigenvalue weighted by Gasteiger charge is 2.11. The fraction of sp³-hybridized carbons (Fsp3) is 0.200. The fourth-order valence-corrected chi connectivity index (χ4v) is 1.96. The van der Waals surface area contributed by atoms with Gasteiger partial charge < -0.3 is 9.84 Å². The second kappa shape index (κ2) is 4.78. The number of hydrogen-bond acceptors (Lipinski definition) is 5. The first-order chi connectivity index (χ1) is 7.74. The van der Waals surface area contributed by atoms with Crippen molar-refractivity contribution in [3.05, 3.63) is 28.2 Å². The van der Waals surface area contributed by atoms with Crippen molar-refractivity contribution in [1.82, 2.24) is 9.36 Å². The van der Waals surface area contributed by atoms with E-state index >= 15 is 0 Å². The van der Waals surface area contributed by atoms with E-state index in [4.69, 9.17) is 21.4 Å². The van der Waals surface area contributed by atoms with Gasteiger partial charge in [0.2, 0.25) is 0 Å². The summed E-state index contributed by atoms with van der Waals surface area (Å²) in [6.07, 6.45) is 0. The lowest BCUT2D eigenvalue weighted by atomic mass is 10.2. The van der Waals surface area contributed by atoms with Crippen LogP contribution in [-0.4, -0.2) is 21.6 Å². The van der Waals surface area contributed by atoms with Gasteiger partial charge in [-0.1, -0.05) is 11.6 Å². The number of benzene rings is 1. The molecule has 0 unspecified atom stereocenters. The zero-order chi connectivity index (χ0) is 11.5. The van der Waals surface area contributed by atoms with Gasteiger partial charge in [0, 0.05) is 5.02 Å². The number of aliphatic hydroxyl groups is 1. The highest BCUT2D eigenvalue weighted by molar-refractivity contribution is 7.05. The Morgan fingerprint density at radius 1 is 1.50 bits per heavy atom. The van der Waals surface area contributed by atoms with Gasteiger partial charge in [0.25, 0.3) is 0 Å². The van der Waals surface area contributed by atoms with Crippen LogP contribution in [0.1, 0.15) is 5.01 Å². The van der Waals surface area contributed by atoms with Crippen LogP contribution in [0.5, 0.6) is 5.75 Å². The summed E-state index contributed by atoms with van der Waals surface area (Å²) in [5.41, 5.74) is 0.767. The van der Waals surface area contributed by atoms with Gasteiger partial charge in [-0.05, 0) is 29.7 Å². The molecular formula is C10H9ClN2O2S. The SMILES string of the molecule is COc1cc(Cl)ccc1-c1nsc(CO)n1. The van der Waals surface area contributed by atoms with E-state index in [1.54, 1.807) is 25.3 Å². The summed E-state index contributed by atoms with van der Waals surface area (Å²) in [6.45, 7) is -0.104. The molecule has 0 radical (unpaired) electrons. The standard InChI is InChI=1S/C10H9ClN2O2S/c1-15-8-4-6(11)2-3-7(8)10-12-9(5-14)16-13-10/h2-4,14H,5H2,1H3. The molecule has 0 aliphatic carbocycles. The Balaban J connectivity index is 2.46. The third kappa shape index (κ3) is 2.16. The van der Waals surface area contributed by atoms with E-state index in [-0.39, 0.29) is 6.61 Å². The Morgan fingerprint density at radius 3 is 2.94 bits per heavy atom. The van der Waals surface area contributed by atoms with Gasteiger partial charge in [0.1, 0.15) is 10.8 Å². The Morgan fingerprint density at radius 2 is 2.31 bits per heavy atom. The van der Waals surface area contributed by atoms with Crippen LogP contribution in [-0.2, 0) is 6.61 Å². The molecule has 0 aliphatic rings. The largest absolute Gasteiger partial charge is 0.496 e. The molecule has 1 heterocycles. The molecule has 0 saturated carbocycles. The zero-order valence-corrected chi connectivity index (χ0v) is 10.0. The summed E-state index contributed by atoms with van der Waals surface area (Å²) in [4.78, 5) is 4.17. The van der Waals surface area contributed by atoms with Crippen molar-refractivity contribution in [2.45, 2.75) is 6.61 Å². The minimum Gasteiger partial charge on any atom is -0.496 e. The summed E-state index contributed by atoms with van der Waals surface area (Å²) < 4.78 is 9.34. The van der Waals surface area contributed by atoms with Crippen molar-refractivity contribution in [1.29, 1.82) is 0 Å². The smallest absolute Gasteiger partial charge is 0.176 e. The Kier molecular flexibility index (Phi) is 3.38. The van der Waals surface area contributed by atoms with Crippen LogP contribution in [0.15, 0.2) is 18.2 Å². The van der Waals surface area contributed by atoms with Gasteiger partial charge in [0.05, 0.1) is 19.3 Å². The van der Waals surface area contributed by atoms with Crippen molar-refractivity contribution in [2.24, 2.45) is 0 Å². The van der Waals surface area contributed by atoms with Crippen molar-refractivity contribution in [3.63, 3.8) is 0 Å². The Hall–Kier alpha value is -1.17. The van der Waals surface area contributed by atoms with E-state index in [1.165, 1.54) is 11.5 Å². The predicted octanol–water partition coefficient (Wildman–Crippen LogP) is 2.36. The second-order valence-electron chi connectivity index (χ2n) is 3.01. The van der Waals surface area contributed by atoms with E-state index < -0.39 is 0 Å². The third-order valence-corrected chi connectivity index (χ3v) is 2.94. The van der Waals surface area contributed by atoms with Crippen molar-refractivity contribution < 1.29 is 9.84 Å². The molecule has 84 valence electrons. The maximum atomic E-state index is 8.92. The van der Waals surface area contributed by atoms with Crippen LogP contribution < -0.4 is 4.74 Å². The lowest BCUT2D eigenvalue weighted by Crippen LogP contribution is -1.89. The lowest BCUT2D eigenvalue weighted by molar-refractivity contribution is 0.281. The number of aromatic nitrogens is 2. The monoisotopic (exact) mass is 256 g/mol. The van der Waals surface area contributed by atoms with E-state index in [0.29, 0.717) is 21.6 Å². The molecule has 16 heavy (non-hydrogen) atoms. The van der Waals surface area contributed by atoms with Crippen molar-refractivity contribution in [3.8, 4) is 17.1 Å². The van der Waals surface area contributed by atoms with Crippen molar-refractivity contribution in [2.75, 3.05) is 7.11 Å². The van der Waals surface area contributed by atoms with Gasteiger partial charge in [-0.15, -0.1) is 0 Å². The molecule has 1 aromatic carbocycles. The summed E-state index contributed by atoms with van der Waals surface area (Å²) in [5, 5.41) is 10.1. The Bertz CT molecular complexity index is 501. The van der Waals surface area contributed by atoms with Gasteiger partial charge in [-0.3, -0.25) is 0 Å². The highest BCUT2D eigenvalue weighted by atomic mass is 35.5. The van der Waals surface area contributed by atoms with Crippen LogP contribution >= 0.6 is 23.1 Å². The first-order valence-corrected chi connectivity index (χ1v) is 5.67. The minimum atomic E-state index is -0.104. The molecule has 4 nitrogen and oxygen atoms in total. The quantitative estimate of drug-likeness (QED) is 0.916. The first-order valence-electron chi connectivity index (χ1n) is 4.52. The topological polar surface area (TPSA) is 55.2 Å². The zero-order valence-electron chi connectivity index (χ0n) is 8.48. The van der Waals surface area contributed by atoms with E-state index in [9.17, 15) is 0 Å². The molecular weight excluding hydrogens is 248 g/mol. The summed E-state index contributed by atoms with van der Waals surface area (Å²) in [6, 6.07) is 5.25. The van der Waals surface area contributed by atoms with Crippen LogP contribution in [0, 0.1) is 0 Å². The van der Waals surface area contributed by atoms with Gasteiger partial charge >= 0.3 is 0 Å². The normalized spacial score (nSPS) is 10.4. The number of aliphatic hydroxyl groups excluding tert-OH is 1. The molecule has 0 amide bonds. The molecule has 0 saturated heterocycles. The number of nitrogens with zero attached hydrogens (tertiary/aromatic N) is 2. The first kappa shape index (κ1) is 11.3. The minimum absolute atomic E-state index is 0.104. The molecule has 0 fully saturated rings. The van der Waals surface area contributed by atoms with Crippen molar-refractivity contribution >= 4 is 23.1 Å². The number of methoxy groups -OCH3 is 1. The predicted molar refractivity (Wildman–Crippen MR) is 62.8 cm³/mol. The van der Waals surface area contributed by atoms with E-state index in [1.807, 2.05) is 0 Å². The van der Waals surface area contributed by atoms with Crippen LogP contribution in [0.25, 0.3) is 11.4 Å². The summed E-state index contributed by atoms with van der Waals surface area (Å²) >= 11 is 7.03. The number of ether oxygens (including phenoxy) is 1. The third-order valence-electron chi connectivity index (χ3n) is 2.01. The van der Waals surface area contributed by atoms with E-state index in [2.05, 4.69) is 9.36 Å². The average Bonchev–Trinajstić information content (AvgIpc) is 2.77. The van der Waals surface area contributed by atoms with Gasteiger partial charge in [-0.25, -0.2) is 4.98 Å². The van der Waals surface area contributed by atoms with Gasteiger partial charge in [-0.2, -0.15) is 4.37 Å². The molecule has 2 aromatic rings. The lowest BCUT2D eigenvalue weighted by Gasteiger charge is -2.05. The van der Waals surface area contributed by atoms with Crippen LogP contribution in [0.3, 0.4) is 0 Å². The fourth-order valence-electron chi connectivity index (χ4n) is 1.28. The highest BCUT2D eigenvalue weighted by Crippen LogP contribution is 2.31. The average molecular weight is 257 g/mol. The number of halogens is 1. The summed E-state index contributed by atoms with van der Waals surface area (Å²) in [7, 11) is 1.56. The van der Waals surface area contributed by atoms with Crippen LogP contribution in [0.4, 0.5) is 0 Å². The molecule has 1 aromatic heterocycles. The van der Waals surface area contributed by atoms with E-state index in [0.717, 1.165) is 5.56 Å². The number of rotatable bonds is 3.